The van der Waals surface area contributed by atoms with Crippen LogP contribution in [-0.2, 0) is 13.1 Å². The summed E-state index contributed by atoms with van der Waals surface area (Å²) < 4.78 is 0. The lowest BCUT2D eigenvalue weighted by atomic mass is 10.1. The number of aryl methyl sites for hydroxylation is 2. The van der Waals surface area contributed by atoms with Gasteiger partial charge in [0.1, 0.15) is 5.82 Å². The van der Waals surface area contributed by atoms with Crippen molar-refractivity contribution < 1.29 is 4.79 Å². The van der Waals surface area contributed by atoms with Gasteiger partial charge in [-0.05, 0) is 36.6 Å². The van der Waals surface area contributed by atoms with Crippen molar-refractivity contribution in [2.24, 2.45) is 11.5 Å². The Morgan fingerprint density at radius 1 is 1.19 bits per heavy atom. The Bertz CT molecular complexity index is 650. The van der Waals surface area contributed by atoms with Crippen molar-refractivity contribution in [1.82, 2.24) is 4.98 Å². The Morgan fingerprint density at radius 2 is 1.81 bits per heavy atom. The van der Waals surface area contributed by atoms with E-state index in [0.29, 0.717) is 24.5 Å². The van der Waals surface area contributed by atoms with Gasteiger partial charge < -0.3 is 16.8 Å². The van der Waals surface area contributed by atoms with Crippen molar-refractivity contribution >= 4 is 11.7 Å². The van der Waals surface area contributed by atoms with E-state index in [1.54, 1.807) is 0 Å². The topological polar surface area (TPSA) is 94.0 Å². The van der Waals surface area contributed by atoms with Gasteiger partial charge in [0.25, 0.3) is 5.91 Å². The minimum atomic E-state index is -0.471. The molecule has 0 radical (unpaired) electrons. The van der Waals surface area contributed by atoms with E-state index < -0.39 is 5.91 Å². The van der Waals surface area contributed by atoms with Gasteiger partial charge >= 0.3 is 0 Å². The molecule has 1 heterocycles. The first-order valence-corrected chi connectivity index (χ1v) is 6.81. The Balaban J connectivity index is 2.20. The summed E-state index contributed by atoms with van der Waals surface area (Å²) in [4.78, 5) is 15.9. The third-order valence-electron chi connectivity index (χ3n) is 3.31. The van der Waals surface area contributed by atoms with Crippen LogP contribution in [0.5, 0.6) is 0 Å². The van der Waals surface area contributed by atoms with Crippen molar-refractivity contribution in [3.8, 4) is 0 Å². The summed E-state index contributed by atoms with van der Waals surface area (Å²) in [5, 5.41) is 3.19. The number of carbonyl (C=O) groups excluding carboxylic acids is 1. The standard InChI is InChI=1S/C16H20N4O/c1-10-7-11(2)20-16(14(10)15(18)21)19-9-13-5-3-12(8-17)4-6-13/h3-7H,8-9,17H2,1-2H3,(H2,18,21)(H,19,20). The monoisotopic (exact) mass is 284 g/mol. The first kappa shape index (κ1) is 15.0. The van der Waals surface area contributed by atoms with Gasteiger partial charge in [0.15, 0.2) is 0 Å². The first-order chi connectivity index (χ1) is 10.0. The molecule has 0 saturated heterocycles. The first-order valence-electron chi connectivity index (χ1n) is 6.81. The predicted molar refractivity (Wildman–Crippen MR) is 83.9 cm³/mol. The molecule has 0 aliphatic rings. The van der Waals surface area contributed by atoms with Crippen LogP contribution in [0.1, 0.15) is 32.7 Å². The van der Waals surface area contributed by atoms with E-state index >= 15 is 0 Å². The summed E-state index contributed by atoms with van der Waals surface area (Å²) in [6.45, 7) is 4.84. The summed E-state index contributed by atoms with van der Waals surface area (Å²) in [6.07, 6.45) is 0. The highest BCUT2D eigenvalue weighted by Gasteiger charge is 2.13. The van der Waals surface area contributed by atoms with E-state index in [0.717, 1.165) is 22.4 Å². The maximum Gasteiger partial charge on any atom is 0.252 e. The molecule has 110 valence electrons. The molecule has 5 heteroatoms. The number of anilines is 1. The number of carbonyl (C=O) groups is 1. The lowest BCUT2D eigenvalue weighted by Crippen LogP contribution is -2.17. The molecule has 5 nitrogen and oxygen atoms in total. The highest BCUT2D eigenvalue weighted by atomic mass is 16.1. The summed E-state index contributed by atoms with van der Waals surface area (Å²) in [5.74, 6) is 0.0591. The van der Waals surface area contributed by atoms with Crippen LogP contribution >= 0.6 is 0 Å². The normalized spacial score (nSPS) is 10.4. The fourth-order valence-corrected chi connectivity index (χ4v) is 2.25. The number of primary amides is 1. The number of rotatable bonds is 5. The molecule has 1 aromatic heterocycles. The lowest BCUT2D eigenvalue weighted by molar-refractivity contribution is 0.1000. The van der Waals surface area contributed by atoms with Crippen molar-refractivity contribution in [1.29, 1.82) is 0 Å². The third-order valence-corrected chi connectivity index (χ3v) is 3.31. The van der Waals surface area contributed by atoms with E-state index in [4.69, 9.17) is 11.5 Å². The molecule has 0 aliphatic carbocycles. The number of nitrogens with zero attached hydrogens (tertiary/aromatic N) is 1. The van der Waals surface area contributed by atoms with E-state index in [9.17, 15) is 4.79 Å². The van der Waals surface area contributed by atoms with Crippen molar-refractivity contribution in [2.75, 3.05) is 5.32 Å². The van der Waals surface area contributed by atoms with E-state index in [-0.39, 0.29) is 0 Å². The predicted octanol–water partition coefficient (Wildman–Crippen LogP) is 1.87. The van der Waals surface area contributed by atoms with Gasteiger partial charge in [0.05, 0.1) is 5.56 Å². The summed E-state index contributed by atoms with van der Waals surface area (Å²) >= 11 is 0. The van der Waals surface area contributed by atoms with Crippen LogP contribution in [0.4, 0.5) is 5.82 Å². The van der Waals surface area contributed by atoms with Gasteiger partial charge in [-0.2, -0.15) is 0 Å². The Morgan fingerprint density at radius 3 is 2.38 bits per heavy atom. The second-order valence-electron chi connectivity index (χ2n) is 5.04. The van der Waals surface area contributed by atoms with Crippen LogP contribution in [0, 0.1) is 13.8 Å². The maximum absolute atomic E-state index is 11.6. The minimum absolute atomic E-state index is 0.444. The second kappa shape index (κ2) is 6.37. The number of nitrogens with one attached hydrogen (secondary N) is 1. The largest absolute Gasteiger partial charge is 0.365 e. The van der Waals surface area contributed by atoms with Crippen LogP contribution in [0.2, 0.25) is 0 Å². The number of benzene rings is 1. The van der Waals surface area contributed by atoms with Crippen LogP contribution in [0.25, 0.3) is 0 Å². The molecular weight excluding hydrogens is 264 g/mol. The Kier molecular flexibility index (Phi) is 4.55. The molecular formula is C16H20N4O. The van der Waals surface area contributed by atoms with Gasteiger partial charge in [-0.15, -0.1) is 0 Å². The molecule has 0 saturated carbocycles. The van der Waals surface area contributed by atoms with Crippen molar-refractivity contribution in [3.05, 3.63) is 58.3 Å². The lowest BCUT2D eigenvalue weighted by Gasteiger charge is -2.12. The molecule has 1 aromatic carbocycles. The average Bonchev–Trinajstić information content (AvgIpc) is 2.44. The zero-order valence-electron chi connectivity index (χ0n) is 12.3. The van der Waals surface area contributed by atoms with Crippen LogP contribution in [0.15, 0.2) is 30.3 Å². The molecule has 0 aliphatic heterocycles. The number of nitrogens with two attached hydrogens (primary N) is 2. The average molecular weight is 284 g/mol. The van der Waals surface area contributed by atoms with Gasteiger partial charge in [-0.25, -0.2) is 4.98 Å². The highest BCUT2D eigenvalue weighted by Crippen LogP contribution is 2.19. The molecule has 0 atom stereocenters. The van der Waals surface area contributed by atoms with Crippen LogP contribution in [-0.4, -0.2) is 10.9 Å². The maximum atomic E-state index is 11.6. The van der Waals surface area contributed by atoms with E-state index in [1.807, 2.05) is 44.2 Å². The molecule has 2 aromatic rings. The third kappa shape index (κ3) is 3.58. The van der Waals surface area contributed by atoms with Crippen LogP contribution in [0.3, 0.4) is 0 Å². The Labute approximate surface area is 124 Å². The SMILES string of the molecule is Cc1cc(C)c(C(N)=O)c(NCc2ccc(CN)cc2)n1. The molecule has 0 fully saturated rings. The fourth-order valence-electron chi connectivity index (χ4n) is 2.25. The van der Waals surface area contributed by atoms with Gasteiger partial charge in [0, 0.05) is 18.8 Å². The van der Waals surface area contributed by atoms with Gasteiger partial charge in [-0.1, -0.05) is 24.3 Å². The quantitative estimate of drug-likeness (QED) is 0.781. The van der Waals surface area contributed by atoms with E-state index in [1.165, 1.54) is 0 Å². The molecule has 5 N–H and O–H groups in total. The molecule has 0 spiro atoms. The summed E-state index contributed by atoms with van der Waals surface area (Å²) in [6, 6.07) is 9.83. The zero-order valence-corrected chi connectivity index (χ0v) is 12.3. The zero-order chi connectivity index (χ0) is 15.4. The summed E-state index contributed by atoms with van der Waals surface area (Å²) in [7, 11) is 0. The molecule has 2 rings (SSSR count). The van der Waals surface area contributed by atoms with Crippen molar-refractivity contribution in [2.45, 2.75) is 26.9 Å². The summed E-state index contributed by atoms with van der Waals surface area (Å²) in [5.41, 5.74) is 15.3. The molecule has 0 bridgehead atoms. The number of aromatic nitrogens is 1. The van der Waals surface area contributed by atoms with Gasteiger partial charge in [0.2, 0.25) is 0 Å². The minimum Gasteiger partial charge on any atom is -0.365 e. The number of hydrogen-bond donors (Lipinski definition) is 3. The fraction of sp³-hybridized carbons (Fsp3) is 0.250. The number of hydrogen-bond acceptors (Lipinski definition) is 4. The molecule has 21 heavy (non-hydrogen) atoms. The molecule has 0 unspecified atom stereocenters. The van der Waals surface area contributed by atoms with Gasteiger partial charge in [-0.3, -0.25) is 4.79 Å². The van der Waals surface area contributed by atoms with E-state index in [2.05, 4.69) is 10.3 Å². The van der Waals surface area contributed by atoms with Crippen molar-refractivity contribution in [3.63, 3.8) is 0 Å². The number of pyridine rings is 1. The second-order valence-corrected chi connectivity index (χ2v) is 5.04. The van der Waals surface area contributed by atoms with Crippen LogP contribution < -0.4 is 16.8 Å². The number of amides is 1. The molecule has 1 amide bonds. The Hall–Kier alpha value is -2.40. The smallest absolute Gasteiger partial charge is 0.252 e. The highest BCUT2D eigenvalue weighted by molar-refractivity contribution is 5.99.